The van der Waals surface area contributed by atoms with E-state index in [1.54, 1.807) is 14.0 Å². The molecule has 5 nitrogen and oxygen atoms in total. The quantitative estimate of drug-likeness (QED) is 0.728. The van der Waals surface area contributed by atoms with Gasteiger partial charge in [-0.05, 0) is 38.1 Å². The Hall–Kier alpha value is -2.95. The predicted molar refractivity (Wildman–Crippen MR) is 92.5 cm³/mol. The number of ether oxygens (including phenoxy) is 2. The fraction of sp³-hybridized carbons (Fsp3) is 0.211. The van der Waals surface area contributed by atoms with Crippen molar-refractivity contribution in [3.8, 4) is 5.75 Å². The van der Waals surface area contributed by atoms with E-state index < -0.39 is 12.2 Å². The van der Waals surface area contributed by atoms with Gasteiger partial charge in [0.2, 0.25) is 0 Å². The van der Waals surface area contributed by atoms with Crippen LogP contribution in [0.15, 0.2) is 52.9 Å². The molecule has 124 valence electrons. The zero-order chi connectivity index (χ0) is 17.1. The number of anilines is 1. The zero-order valence-corrected chi connectivity index (χ0v) is 13.8. The number of fused-ring (bicyclic) bond motifs is 1. The molecule has 1 N–H and O–H groups in total. The molecule has 0 fully saturated rings. The number of benzene rings is 2. The van der Waals surface area contributed by atoms with Crippen LogP contribution in [-0.4, -0.2) is 13.2 Å². The van der Waals surface area contributed by atoms with Crippen molar-refractivity contribution in [1.29, 1.82) is 0 Å². The predicted octanol–water partition coefficient (Wildman–Crippen LogP) is 5.06. The highest BCUT2D eigenvalue weighted by Crippen LogP contribution is 2.32. The summed E-state index contributed by atoms with van der Waals surface area (Å²) >= 11 is 0. The van der Waals surface area contributed by atoms with E-state index in [1.807, 2.05) is 55.5 Å². The molecule has 1 amide bonds. The topological polar surface area (TPSA) is 60.7 Å². The van der Waals surface area contributed by atoms with Crippen molar-refractivity contribution in [2.45, 2.75) is 20.0 Å². The summed E-state index contributed by atoms with van der Waals surface area (Å²) in [5.74, 6) is 1.21. The van der Waals surface area contributed by atoms with Crippen LogP contribution in [0.1, 0.15) is 24.4 Å². The summed E-state index contributed by atoms with van der Waals surface area (Å²) in [6.45, 7) is 3.75. The number of carbonyl (C=O) groups excluding carboxylic acids is 1. The molecule has 0 radical (unpaired) electrons. The van der Waals surface area contributed by atoms with Crippen molar-refractivity contribution >= 4 is 22.7 Å². The molecule has 3 rings (SSSR count). The van der Waals surface area contributed by atoms with E-state index in [1.165, 1.54) is 0 Å². The molecule has 2 aromatic carbocycles. The van der Waals surface area contributed by atoms with Gasteiger partial charge >= 0.3 is 6.09 Å². The second-order valence-corrected chi connectivity index (χ2v) is 5.57. The second kappa shape index (κ2) is 6.66. The number of rotatable bonds is 4. The lowest BCUT2D eigenvalue weighted by Crippen LogP contribution is -2.15. The fourth-order valence-corrected chi connectivity index (χ4v) is 2.42. The maximum atomic E-state index is 12.0. The Balaban J connectivity index is 1.71. The minimum absolute atomic E-state index is 0.521. The largest absolute Gasteiger partial charge is 0.493 e. The highest BCUT2D eigenvalue weighted by atomic mass is 16.6. The van der Waals surface area contributed by atoms with Crippen LogP contribution < -0.4 is 10.1 Å². The van der Waals surface area contributed by atoms with Crippen LogP contribution in [0.25, 0.3) is 11.0 Å². The van der Waals surface area contributed by atoms with E-state index in [0.717, 1.165) is 10.9 Å². The molecule has 24 heavy (non-hydrogen) atoms. The first kappa shape index (κ1) is 15.9. The standard InChI is InChI=1S/C19H19NO4/c1-12-7-9-15(10-8-12)20-19(21)23-13(2)17-11-14-5-4-6-16(22-3)18(14)24-17/h4-11,13H,1-3H3,(H,20,21)/t13-/m1/s1. The number of para-hydroxylation sites is 1. The summed E-state index contributed by atoms with van der Waals surface area (Å²) in [6, 6.07) is 15.0. The van der Waals surface area contributed by atoms with Crippen molar-refractivity contribution in [2.24, 2.45) is 0 Å². The fourth-order valence-electron chi connectivity index (χ4n) is 2.42. The van der Waals surface area contributed by atoms with Gasteiger partial charge in [-0.1, -0.05) is 29.8 Å². The Labute approximate surface area is 140 Å². The summed E-state index contributed by atoms with van der Waals surface area (Å²) in [5, 5.41) is 3.60. The van der Waals surface area contributed by atoms with E-state index in [4.69, 9.17) is 13.9 Å². The Morgan fingerprint density at radius 1 is 1.17 bits per heavy atom. The molecule has 0 aliphatic heterocycles. The SMILES string of the molecule is COc1cccc2cc([C@@H](C)OC(=O)Nc3ccc(C)cc3)oc12. The normalized spacial score (nSPS) is 12.0. The molecule has 1 aromatic heterocycles. The number of amides is 1. The van der Waals surface area contributed by atoms with Gasteiger partial charge in [-0.15, -0.1) is 0 Å². The number of aryl methyl sites for hydroxylation is 1. The molecule has 1 atom stereocenters. The van der Waals surface area contributed by atoms with Crippen LogP contribution >= 0.6 is 0 Å². The first-order valence-electron chi connectivity index (χ1n) is 7.67. The summed E-state index contributed by atoms with van der Waals surface area (Å²) in [5.41, 5.74) is 2.45. The van der Waals surface area contributed by atoms with Gasteiger partial charge in [-0.25, -0.2) is 4.79 Å². The lowest BCUT2D eigenvalue weighted by Gasteiger charge is -2.12. The van der Waals surface area contributed by atoms with E-state index in [-0.39, 0.29) is 0 Å². The minimum atomic E-state index is -0.529. The van der Waals surface area contributed by atoms with E-state index in [2.05, 4.69) is 5.32 Å². The van der Waals surface area contributed by atoms with Crippen molar-refractivity contribution in [3.05, 3.63) is 59.9 Å². The van der Waals surface area contributed by atoms with Crippen molar-refractivity contribution in [2.75, 3.05) is 12.4 Å². The molecular weight excluding hydrogens is 306 g/mol. The van der Waals surface area contributed by atoms with Gasteiger partial charge in [-0.2, -0.15) is 0 Å². The number of methoxy groups -OCH3 is 1. The first-order chi connectivity index (χ1) is 11.6. The van der Waals surface area contributed by atoms with Crippen molar-refractivity contribution in [1.82, 2.24) is 0 Å². The second-order valence-electron chi connectivity index (χ2n) is 5.57. The molecule has 0 saturated heterocycles. The van der Waals surface area contributed by atoms with Crippen LogP contribution in [0, 0.1) is 6.92 Å². The number of furan rings is 1. The molecule has 0 saturated carbocycles. The van der Waals surface area contributed by atoms with Crippen LogP contribution in [0.4, 0.5) is 10.5 Å². The molecular formula is C19H19NO4. The highest BCUT2D eigenvalue weighted by molar-refractivity contribution is 5.85. The van der Waals surface area contributed by atoms with Gasteiger partial charge in [0.25, 0.3) is 0 Å². The van der Waals surface area contributed by atoms with Gasteiger partial charge < -0.3 is 13.9 Å². The minimum Gasteiger partial charge on any atom is -0.493 e. The third-order valence-electron chi connectivity index (χ3n) is 3.73. The van der Waals surface area contributed by atoms with Gasteiger partial charge in [0, 0.05) is 11.1 Å². The lowest BCUT2D eigenvalue weighted by atomic mass is 10.2. The highest BCUT2D eigenvalue weighted by Gasteiger charge is 2.17. The average Bonchev–Trinajstić information content (AvgIpc) is 3.01. The zero-order valence-electron chi connectivity index (χ0n) is 13.8. The molecule has 0 aliphatic rings. The molecule has 0 spiro atoms. The monoisotopic (exact) mass is 325 g/mol. The molecule has 5 heteroatoms. The van der Waals surface area contributed by atoms with Gasteiger partial charge in [0.05, 0.1) is 7.11 Å². The third-order valence-corrected chi connectivity index (χ3v) is 3.73. The Kier molecular flexibility index (Phi) is 4.42. The molecule has 3 aromatic rings. The van der Waals surface area contributed by atoms with Crippen LogP contribution in [0.3, 0.4) is 0 Å². The smallest absolute Gasteiger partial charge is 0.412 e. The Morgan fingerprint density at radius 2 is 1.92 bits per heavy atom. The van der Waals surface area contributed by atoms with E-state index in [0.29, 0.717) is 22.8 Å². The van der Waals surface area contributed by atoms with E-state index >= 15 is 0 Å². The molecule has 0 aliphatic carbocycles. The first-order valence-corrected chi connectivity index (χ1v) is 7.67. The molecule has 0 unspecified atom stereocenters. The van der Waals surface area contributed by atoms with Gasteiger partial charge in [0.1, 0.15) is 5.76 Å². The van der Waals surface area contributed by atoms with Crippen LogP contribution in [-0.2, 0) is 4.74 Å². The number of hydrogen-bond donors (Lipinski definition) is 1. The number of nitrogens with one attached hydrogen (secondary N) is 1. The number of hydrogen-bond acceptors (Lipinski definition) is 4. The average molecular weight is 325 g/mol. The molecule has 1 heterocycles. The summed E-state index contributed by atoms with van der Waals surface area (Å²) in [7, 11) is 1.59. The van der Waals surface area contributed by atoms with Gasteiger partial charge in [-0.3, -0.25) is 5.32 Å². The Bertz CT molecular complexity index is 851. The molecule has 0 bridgehead atoms. The summed E-state index contributed by atoms with van der Waals surface area (Å²) in [6.07, 6.45) is -1.05. The van der Waals surface area contributed by atoms with Crippen molar-refractivity contribution in [3.63, 3.8) is 0 Å². The van der Waals surface area contributed by atoms with E-state index in [9.17, 15) is 4.79 Å². The lowest BCUT2D eigenvalue weighted by molar-refractivity contribution is 0.109. The van der Waals surface area contributed by atoms with Gasteiger partial charge in [0.15, 0.2) is 17.4 Å². The summed E-state index contributed by atoms with van der Waals surface area (Å²) < 4.78 is 16.5. The third kappa shape index (κ3) is 3.35. The summed E-state index contributed by atoms with van der Waals surface area (Å²) in [4.78, 5) is 12.0. The number of carbonyl (C=O) groups is 1. The van der Waals surface area contributed by atoms with Crippen LogP contribution in [0.2, 0.25) is 0 Å². The Morgan fingerprint density at radius 3 is 2.62 bits per heavy atom. The van der Waals surface area contributed by atoms with Crippen LogP contribution in [0.5, 0.6) is 5.75 Å². The maximum Gasteiger partial charge on any atom is 0.412 e. The maximum absolute atomic E-state index is 12.0. The van der Waals surface area contributed by atoms with Crippen molar-refractivity contribution < 1.29 is 18.7 Å².